The second-order valence-electron chi connectivity index (χ2n) is 15.7. The number of hydrogen-bond donors (Lipinski definition) is 0. The average Bonchev–Trinajstić information content (AvgIpc) is 3.78. The normalized spacial score (nSPS) is 14.7. The second-order valence-corrected chi connectivity index (χ2v) is 19.6. The molecule has 8 rings (SSSR count). The molecule has 0 saturated carbocycles. The Bertz CT molecular complexity index is 2930. The Kier molecular flexibility index (Phi) is 12.4. The van der Waals surface area contributed by atoms with Gasteiger partial charge in [-0.25, -0.2) is 16.8 Å². The molecule has 314 valence electrons. The van der Waals surface area contributed by atoms with Gasteiger partial charge in [0, 0.05) is 13.0 Å². The van der Waals surface area contributed by atoms with Crippen molar-refractivity contribution in [3.63, 3.8) is 0 Å². The van der Waals surface area contributed by atoms with Crippen LogP contribution in [0.1, 0.15) is 78.6 Å². The Morgan fingerprint density at radius 3 is 1.92 bits per heavy atom. The summed E-state index contributed by atoms with van der Waals surface area (Å²) in [5.74, 6) is 0.825. The van der Waals surface area contributed by atoms with E-state index < -0.39 is 31.7 Å². The molecule has 0 radical (unpaired) electrons. The van der Waals surface area contributed by atoms with Crippen molar-refractivity contribution in [1.82, 2.24) is 0 Å². The fourth-order valence-corrected chi connectivity index (χ4v) is 10.9. The second kappa shape index (κ2) is 17.9. The van der Waals surface area contributed by atoms with E-state index >= 15 is 0 Å². The first kappa shape index (κ1) is 42.3. The number of aryl methyl sites for hydroxylation is 1. The highest BCUT2D eigenvalue weighted by molar-refractivity contribution is 7.85. The van der Waals surface area contributed by atoms with Crippen molar-refractivity contribution < 1.29 is 35.2 Å². The fraction of sp³-hybridized carbons (Fsp3) is 0.245. The van der Waals surface area contributed by atoms with Gasteiger partial charge in [-0.2, -0.15) is 4.57 Å². The maximum absolute atomic E-state index is 11.4. The molecule has 1 aliphatic rings. The van der Waals surface area contributed by atoms with Gasteiger partial charge in [-0.3, -0.25) is 0 Å². The van der Waals surface area contributed by atoms with Gasteiger partial charge in [0.15, 0.2) is 12.3 Å². The largest absolute Gasteiger partial charge is 0.748 e. The number of ether oxygens (including phenoxy) is 1. The molecule has 2 atom stereocenters. The average molecular weight is 872 g/mol. The molecule has 6 aromatic carbocycles. The third-order valence-electron chi connectivity index (χ3n) is 11.7. The molecule has 0 bridgehead atoms. The van der Waals surface area contributed by atoms with Crippen LogP contribution >= 0.6 is 11.3 Å². The summed E-state index contributed by atoms with van der Waals surface area (Å²) in [4.78, 5) is 2.27. The molecule has 2 heterocycles. The first-order chi connectivity index (χ1) is 29.4. The first-order valence-corrected chi connectivity index (χ1v) is 24.6. The molecule has 12 heteroatoms. The van der Waals surface area contributed by atoms with Crippen LogP contribution in [0, 0.1) is 0 Å². The maximum Gasteiger partial charge on any atom is 0.268 e. The number of benzene rings is 6. The van der Waals surface area contributed by atoms with Crippen LogP contribution in [-0.4, -0.2) is 32.5 Å². The number of anilines is 1. The van der Waals surface area contributed by atoms with E-state index in [0.29, 0.717) is 17.7 Å². The monoisotopic (exact) mass is 871 g/mol. The Morgan fingerprint density at radius 1 is 0.689 bits per heavy atom. The Balaban J connectivity index is 1.16. The van der Waals surface area contributed by atoms with Gasteiger partial charge in [0.2, 0.25) is 11.4 Å². The highest BCUT2D eigenvalue weighted by Crippen LogP contribution is 2.43. The van der Waals surface area contributed by atoms with Crippen LogP contribution in [0.15, 0.2) is 139 Å². The van der Waals surface area contributed by atoms with Crippen molar-refractivity contribution in [2.75, 3.05) is 11.4 Å². The van der Waals surface area contributed by atoms with Gasteiger partial charge >= 0.3 is 0 Å². The van der Waals surface area contributed by atoms with Gasteiger partial charge in [0.25, 0.3) is 5.01 Å². The van der Waals surface area contributed by atoms with Gasteiger partial charge in [0.05, 0.1) is 48.9 Å². The van der Waals surface area contributed by atoms with Crippen LogP contribution in [0.3, 0.4) is 0 Å². The van der Waals surface area contributed by atoms with Gasteiger partial charge in [-0.15, -0.1) is 0 Å². The molecule has 9 nitrogen and oxygen atoms in total. The predicted octanol–water partition coefficient (Wildman–Crippen LogP) is 10.5. The molecule has 7 aromatic rings. The third kappa shape index (κ3) is 9.90. The first-order valence-electron chi connectivity index (χ1n) is 20.6. The minimum atomic E-state index is -4.38. The summed E-state index contributed by atoms with van der Waals surface area (Å²) in [6.07, 6.45) is 5.54. The Hall–Kier alpha value is -5.37. The molecular weight excluding hydrogens is 825 g/mol. The smallest absolute Gasteiger partial charge is 0.268 e. The van der Waals surface area contributed by atoms with E-state index in [2.05, 4.69) is 90.1 Å². The zero-order valence-electron chi connectivity index (χ0n) is 34.1. The van der Waals surface area contributed by atoms with Gasteiger partial charge in [-0.1, -0.05) is 134 Å². The van der Waals surface area contributed by atoms with Crippen molar-refractivity contribution in [1.29, 1.82) is 0 Å². The Morgan fingerprint density at radius 2 is 1.30 bits per heavy atom. The van der Waals surface area contributed by atoms with Gasteiger partial charge in [-0.05, 0) is 94.1 Å². The maximum atomic E-state index is 11.4. The minimum Gasteiger partial charge on any atom is -0.748 e. The summed E-state index contributed by atoms with van der Waals surface area (Å²) in [5.41, 5.74) is 7.50. The van der Waals surface area contributed by atoms with E-state index in [4.69, 9.17) is 4.74 Å². The summed E-state index contributed by atoms with van der Waals surface area (Å²) in [7, 11) is -8.75. The predicted molar refractivity (Wildman–Crippen MR) is 242 cm³/mol. The van der Waals surface area contributed by atoms with Crippen LogP contribution < -0.4 is 14.2 Å². The van der Waals surface area contributed by atoms with Crippen molar-refractivity contribution >= 4 is 64.3 Å². The molecule has 1 aliphatic heterocycles. The molecule has 1 aromatic heterocycles. The fourth-order valence-electron chi connectivity index (χ4n) is 8.52. The summed E-state index contributed by atoms with van der Waals surface area (Å²) >= 11 is 1.73. The summed E-state index contributed by atoms with van der Waals surface area (Å²) in [6.45, 7) is 5.69. The molecule has 0 spiro atoms. The molecule has 0 amide bonds. The van der Waals surface area contributed by atoms with E-state index in [-0.39, 0.29) is 11.8 Å². The molecule has 2 unspecified atom stereocenters. The quantitative estimate of drug-likeness (QED) is 0.0693. The number of hydrogen-bond acceptors (Lipinski definition) is 9. The molecule has 0 N–H and O–H groups in total. The van der Waals surface area contributed by atoms with E-state index in [9.17, 15) is 25.9 Å². The third-order valence-corrected chi connectivity index (χ3v) is 14.1. The molecule has 0 saturated heterocycles. The van der Waals surface area contributed by atoms with E-state index in [1.807, 2.05) is 48.5 Å². The number of nitrogens with zero attached hydrogens (tertiary/aromatic N) is 2. The lowest BCUT2D eigenvalue weighted by Crippen LogP contribution is -2.36. The van der Waals surface area contributed by atoms with E-state index in [0.717, 1.165) is 92.4 Å². The molecular formula is C49H47N2O7S3-. The van der Waals surface area contributed by atoms with Crippen LogP contribution in [0.5, 0.6) is 5.75 Å². The van der Waals surface area contributed by atoms with E-state index in [1.165, 1.54) is 5.39 Å². The summed E-state index contributed by atoms with van der Waals surface area (Å²) in [6, 6.07) is 44.2. The van der Waals surface area contributed by atoms with Gasteiger partial charge < -0.3 is 18.7 Å². The number of aromatic nitrogens is 1. The van der Waals surface area contributed by atoms with Crippen molar-refractivity contribution in [2.45, 2.75) is 69.4 Å². The Labute approximate surface area is 362 Å². The van der Waals surface area contributed by atoms with Crippen LogP contribution in [-0.2, 0) is 38.3 Å². The van der Waals surface area contributed by atoms with Crippen LogP contribution in [0.4, 0.5) is 5.69 Å². The number of thiazole rings is 1. The van der Waals surface area contributed by atoms with Crippen molar-refractivity contribution in [2.24, 2.45) is 0 Å². The molecule has 61 heavy (non-hydrogen) atoms. The molecule has 0 fully saturated rings. The highest BCUT2D eigenvalue weighted by Gasteiger charge is 2.31. The van der Waals surface area contributed by atoms with Crippen LogP contribution in [0.2, 0.25) is 0 Å². The number of rotatable bonds is 16. The summed E-state index contributed by atoms with van der Waals surface area (Å²) in [5, 5.41) is 3.37. The molecule has 0 aliphatic carbocycles. The topological polar surface area (TPSA) is 131 Å². The standard InChI is InChI=1S/C49H48N2O7S3/c1-3-36(39-18-14-34(15-19-39)32-60(52,53)54)26-28-50-44-30-42(38-10-6-5-7-11-38)22-24-45(44)58-47(50)31-48-51(49-43-13-9-8-12-41(43)23-25-46(49)59-48)29-27-37(4-2)40-20-16-35(17-21-40)33-61(55,56)57/h5-25,30-31,36-37H,3-4,26-29,32-33H2,1-2H3,(H-,52,53,54,55,56,57)/p-1. The minimum absolute atomic E-state index is 0.172. The zero-order chi connectivity index (χ0) is 42.7. The number of fused-ring (bicyclic) bond motifs is 4. The lowest BCUT2D eigenvalue weighted by atomic mass is 9.92. The van der Waals surface area contributed by atoms with E-state index in [1.54, 1.807) is 35.6 Å². The van der Waals surface area contributed by atoms with Crippen LogP contribution in [0.25, 0.3) is 38.2 Å². The SMILES string of the molecule is CCC(CCN1C(=Cc2sc3ccc4ccccc4c3[n+]2CCC(CC)c2ccc(CS(=O)(=O)[O-])cc2)Oc2ccc(-c3ccccc3)cc21)c1ccc(CS(=O)(=O)[O-])cc1. The van der Waals surface area contributed by atoms with Crippen molar-refractivity contribution in [3.8, 4) is 16.9 Å². The lowest BCUT2D eigenvalue weighted by molar-refractivity contribution is -0.668. The highest BCUT2D eigenvalue weighted by atomic mass is 32.2. The zero-order valence-corrected chi connectivity index (χ0v) is 36.5. The lowest BCUT2D eigenvalue weighted by Gasteiger charge is -2.23. The van der Waals surface area contributed by atoms with Gasteiger partial charge in [0.1, 0.15) is 4.70 Å². The summed E-state index contributed by atoms with van der Waals surface area (Å²) < 4.78 is 78.8. The van der Waals surface area contributed by atoms with Crippen molar-refractivity contribution in [3.05, 3.63) is 167 Å².